The minimum atomic E-state index is -0.220. The van der Waals surface area contributed by atoms with Gasteiger partial charge in [0.05, 0.1) is 10.7 Å². The van der Waals surface area contributed by atoms with E-state index in [0.717, 1.165) is 16.4 Å². The Labute approximate surface area is 137 Å². The number of amides is 3. The average molecular weight is 328 g/mol. The summed E-state index contributed by atoms with van der Waals surface area (Å²) in [7, 11) is 0. The van der Waals surface area contributed by atoms with E-state index in [1.807, 2.05) is 24.4 Å². The van der Waals surface area contributed by atoms with Crippen LogP contribution in [0.5, 0.6) is 0 Å². The number of hydrogen-bond donors (Lipinski definition) is 2. The van der Waals surface area contributed by atoms with Gasteiger partial charge in [-0.15, -0.1) is 11.3 Å². The van der Waals surface area contributed by atoms with E-state index in [-0.39, 0.29) is 11.9 Å². The molecule has 2 heterocycles. The standard InChI is InChI=1S/C16H16N4O2S/c1-11-18-13(10-23-11)4-7-15(21)19-12-2-5-14(6-3-12)20-9-8-17-16(20)22/h2-7,10H,8-9H2,1H3,(H,17,22)(H,19,21)/b7-4+. The maximum atomic E-state index is 11.9. The van der Waals surface area contributed by atoms with E-state index in [2.05, 4.69) is 15.6 Å². The monoisotopic (exact) mass is 328 g/mol. The molecule has 7 heteroatoms. The summed E-state index contributed by atoms with van der Waals surface area (Å²) in [4.78, 5) is 29.4. The fourth-order valence-corrected chi connectivity index (χ4v) is 2.83. The quantitative estimate of drug-likeness (QED) is 0.847. The number of thiazole rings is 1. The van der Waals surface area contributed by atoms with Crippen molar-refractivity contribution < 1.29 is 9.59 Å². The molecular weight excluding hydrogens is 312 g/mol. The lowest BCUT2D eigenvalue weighted by atomic mass is 10.2. The Morgan fingerprint density at radius 1 is 1.39 bits per heavy atom. The van der Waals surface area contributed by atoms with Crippen molar-refractivity contribution in [2.24, 2.45) is 0 Å². The Hall–Kier alpha value is -2.67. The lowest BCUT2D eigenvalue weighted by Gasteiger charge is -2.14. The molecule has 0 aliphatic carbocycles. The van der Waals surface area contributed by atoms with Crippen LogP contribution in [0.2, 0.25) is 0 Å². The van der Waals surface area contributed by atoms with Crippen LogP contribution < -0.4 is 15.5 Å². The first-order valence-electron chi connectivity index (χ1n) is 7.18. The normalized spacial score (nSPS) is 14.3. The van der Waals surface area contributed by atoms with E-state index in [1.54, 1.807) is 34.4 Å². The molecule has 3 rings (SSSR count). The van der Waals surface area contributed by atoms with Gasteiger partial charge in [-0.2, -0.15) is 0 Å². The van der Waals surface area contributed by atoms with Gasteiger partial charge in [-0.3, -0.25) is 9.69 Å². The third kappa shape index (κ3) is 3.75. The number of rotatable bonds is 4. The average Bonchev–Trinajstić information content (AvgIpc) is 3.14. The van der Waals surface area contributed by atoms with Crippen molar-refractivity contribution >= 4 is 40.7 Å². The first kappa shape index (κ1) is 15.2. The Balaban J connectivity index is 1.60. The van der Waals surface area contributed by atoms with Crippen LogP contribution >= 0.6 is 11.3 Å². The molecule has 2 aromatic rings. The van der Waals surface area contributed by atoms with Gasteiger partial charge in [0.2, 0.25) is 5.91 Å². The molecule has 1 aliphatic rings. The van der Waals surface area contributed by atoms with Crippen molar-refractivity contribution in [1.29, 1.82) is 0 Å². The minimum Gasteiger partial charge on any atom is -0.336 e. The molecule has 118 valence electrons. The van der Waals surface area contributed by atoms with Gasteiger partial charge in [0.1, 0.15) is 0 Å². The Kier molecular flexibility index (Phi) is 4.38. The third-order valence-corrected chi connectivity index (χ3v) is 4.14. The number of carbonyl (C=O) groups is 2. The van der Waals surface area contributed by atoms with E-state index < -0.39 is 0 Å². The maximum Gasteiger partial charge on any atom is 0.321 e. The zero-order chi connectivity index (χ0) is 16.2. The summed E-state index contributed by atoms with van der Waals surface area (Å²) in [6, 6.07) is 7.09. The molecule has 0 radical (unpaired) electrons. The highest BCUT2D eigenvalue weighted by Gasteiger charge is 2.20. The van der Waals surface area contributed by atoms with Crippen LogP contribution in [0, 0.1) is 6.92 Å². The molecular formula is C16H16N4O2S. The van der Waals surface area contributed by atoms with Gasteiger partial charge in [-0.25, -0.2) is 9.78 Å². The Morgan fingerprint density at radius 3 is 2.78 bits per heavy atom. The zero-order valence-corrected chi connectivity index (χ0v) is 13.4. The summed E-state index contributed by atoms with van der Waals surface area (Å²) in [5, 5.41) is 8.39. The van der Waals surface area contributed by atoms with Crippen molar-refractivity contribution in [2.75, 3.05) is 23.3 Å². The van der Waals surface area contributed by atoms with Crippen molar-refractivity contribution in [3.63, 3.8) is 0 Å². The first-order valence-corrected chi connectivity index (χ1v) is 8.06. The summed E-state index contributed by atoms with van der Waals surface area (Å²) < 4.78 is 0. The Morgan fingerprint density at radius 2 is 2.17 bits per heavy atom. The van der Waals surface area contributed by atoms with Gasteiger partial charge in [-0.05, 0) is 37.3 Å². The highest BCUT2D eigenvalue weighted by molar-refractivity contribution is 7.09. The smallest absolute Gasteiger partial charge is 0.321 e. The van der Waals surface area contributed by atoms with Gasteiger partial charge >= 0.3 is 6.03 Å². The van der Waals surface area contributed by atoms with Gasteiger partial charge in [0.25, 0.3) is 0 Å². The Bertz CT molecular complexity index is 752. The van der Waals surface area contributed by atoms with Crippen molar-refractivity contribution in [2.45, 2.75) is 6.92 Å². The van der Waals surface area contributed by atoms with Gasteiger partial charge in [-0.1, -0.05) is 0 Å². The predicted octanol–water partition coefficient (Wildman–Crippen LogP) is 2.63. The number of aromatic nitrogens is 1. The molecule has 0 saturated carbocycles. The largest absolute Gasteiger partial charge is 0.336 e. The van der Waals surface area contributed by atoms with Crippen LogP contribution in [-0.2, 0) is 4.79 Å². The topological polar surface area (TPSA) is 74.3 Å². The fourth-order valence-electron chi connectivity index (χ4n) is 2.24. The van der Waals surface area contributed by atoms with Gasteiger partial charge in [0, 0.05) is 35.9 Å². The number of hydrogen-bond acceptors (Lipinski definition) is 4. The minimum absolute atomic E-state index is 0.0942. The molecule has 1 aromatic heterocycles. The lowest BCUT2D eigenvalue weighted by molar-refractivity contribution is -0.111. The second-order valence-corrected chi connectivity index (χ2v) is 6.11. The van der Waals surface area contributed by atoms with Crippen LogP contribution in [0.15, 0.2) is 35.7 Å². The van der Waals surface area contributed by atoms with E-state index >= 15 is 0 Å². The third-order valence-electron chi connectivity index (χ3n) is 3.35. The van der Waals surface area contributed by atoms with Crippen LogP contribution in [0.4, 0.5) is 16.2 Å². The van der Waals surface area contributed by atoms with E-state index in [9.17, 15) is 9.59 Å². The SMILES string of the molecule is Cc1nc(/C=C/C(=O)Nc2ccc(N3CCNC3=O)cc2)cs1. The summed E-state index contributed by atoms with van der Waals surface area (Å²) in [5.74, 6) is -0.220. The van der Waals surface area contributed by atoms with E-state index in [0.29, 0.717) is 18.8 Å². The molecule has 1 aliphatic heterocycles. The second-order valence-electron chi connectivity index (χ2n) is 5.04. The molecule has 0 bridgehead atoms. The maximum absolute atomic E-state index is 11.9. The molecule has 0 unspecified atom stereocenters. The van der Waals surface area contributed by atoms with Crippen molar-refractivity contribution in [3.05, 3.63) is 46.4 Å². The molecule has 0 atom stereocenters. The highest BCUT2D eigenvalue weighted by atomic mass is 32.1. The number of nitrogens with zero attached hydrogens (tertiary/aromatic N) is 2. The zero-order valence-electron chi connectivity index (χ0n) is 12.6. The predicted molar refractivity (Wildman–Crippen MR) is 91.7 cm³/mol. The van der Waals surface area contributed by atoms with E-state index in [4.69, 9.17) is 0 Å². The van der Waals surface area contributed by atoms with Gasteiger partial charge in [0.15, 0.2) is 0 Å². The summed E-state index contributed by atoms with van der Waals surface area (Å²) in [6.45, 7) is 3.23. The van der Waals surface area contributed by atoms with Crippen molar-refractivity contribution in [1.82, 2.24) is 10.3 Å². The number of benzene rings is 1. The first-order chi connectivity index (χ1) is 11.1. The summed E-state index contributed by atoms with van der Waals surface area (Å²) in [6.07, 6.45) is 3.14. The van der Waals surface area contributed by atoms with Crippen LogP contribution in [-0.4, -0.2) is 30.0 Å². The number of carbonyl (C=O) groups excluding carboxylic acids is 2. The van der Waals surface area contributed by atoms with Gasteiger partial charge < -0.3 is 10.6 Å². The number of anilines is 2. The van der Waals surface area contributed by atoms with Crippen LogP contribution in [0.3, 0.4) is 0 Å². The lowest BCUT2D eigenvalue weighted by Crippen LogP contribution is -2.27. The van der Waals surface area contributed by atoms with Crippen molar-refractivity contribution in [3.8, 4) is 0 Å². The summed E-state index contributed by atoms with van der Waals surface area (Å²) in [5.41, 5.74) is 2.27. The van der Waals surface area contributed by atoms with Crippen LogP contribution in [0.25, 0.3) is 6.08 Å². The highest BCUT2D eigenvalue weighted by Crippen LogP contribution is 2.19. The molecule has 3 amide bonds. The van der Waals surface area contributed by atoms with E-state index in [1.165, 1.54) is 6.08 Å². The fraction of sp³-hybridized carbons (Fsp3) is 0.188. The molecule has 1 fully saturated rings. The molecule has 1 saturated heterocycles. The molecule has 23 heavy (non-hydrogen) atoms. The number of urea groups is 1. The molecule has 0 spiro atoms. The van der Waals surface area contributed by atoms with Crippen LogP contribution in [0.1, 0.15) is 10.7 Å². The summed E-state index contributed by atoms with van der Waals surface area (Å²) >= 11 is 1.54. The number of nitrogens with one attached hydrogen (secondary N) is 2. The molecule has 6 nitrogen and oxygen atoms in total. The molecule has 2 N–H and O–H groups in total. The second kappa shape index (κ2) is 6.62. The molecule has 1 aromatic carbocycles. The number of aryl methyl sites for hydroxylation is 1.